The quantitative estimate of drug-likeness (QED) is 0.910. The van der Waals surface area contributed by atoms with Crippen LogP contribution in [0, 0.1) is 11.6 Å². The van der Waals surface area contributed by atoms with Gasteiger partial charge in [-0.25, -0.2) is 13.2 Å². The number of benzene rings is 1. The molecule has 1 aliphatic heterocycles. The fourth-order valence-corrected chi connectivity index (χ4v) is 2.89. The van der Waals surface area contributed by atoms with Gasteiger partial charge in [0.25, 0.3) is 0 Å². The van der Waals surface area contributed by atoms with Gasteiger partial charge in [-0.1, -0.05) is 0 Å². The van der Waals surface area contributed by atoms with Crippen LogP contribution in [0.1, 0.15) is 12.0 Å². The molecule has 6 heteroatoms. The fourth-order valence-electron chi connectivity index (χ4n) is 2.89. The van der Waals surface area contributed by atoms with Crippen LogP contribution in [0.25, 0.3) is 10.9 Å². The molecule has 1 aromatic carbocycles. The molecule has 0 saturated carbocycles. The number of rotatable bonds is 4. The Morgan fingerprint density at radius 1 is 1.32 bits per heavy atom. The first kappa shape index (κ1) is 15.2. The van der Waals surface area contributed by atoms with Crippen molar-refractivity contribution in [2.75, 3.05) is 19.6 Å². The van der Waals surface area contributed by atoms with Crippen molar-refractivity contribution in [1.29, 1.82) is 0 Å². The Morgan fingerprint density at radius 2 is 2.18 bits per heavy atom. The molecule has 2 heterocycles. The standard InChI is InChI=1S/C16H18F3N3/c17-11-7-12-10(2-6-22-16(12)13(18)8-11)1-5-21-15-3-4-20-9-14(15)19/h2,6-8,14-15,20-21H,1,3-5,9H2. The molecule has 2 atom stereocenters. The summed E-state index contributed by atoms with van der Waals surface area (Å²) >= 11 is 0. The number of halogens is 3. The van der Waals surface area contributed by atoms with E-state index in [1.807, 2.05) is 0 Å². The fraction of sp³-hybridized carbons (Fsp3) is 0.438. The van der Waals surface area contributed by atoms with Crippen molar-refractivity contribution in [2.45, 2.75) is 25.1 Å². The Morgan fingerprint density at radius 3 is 3.00 bits per heavy atom. The van der Waals surface area contributed by atoms with E-state index in [-0.39, 0.29) is 11.6 Å². The maximum absolute atomic E-state index is 13.7. The van der Waals surface area contributed by atoms with E-state index in [0.717, 1.165) is 24.6 Å². The first-order chi connectivity index (χ1) is 10.6. The van der Waals surface area contributed by atoms with Gasteiger partial charge in [-0.3, -0.25) is 4.98 Å². The molecule has 0 radical (unpaired) electrons. The zero-order valence-electron chi connectivity index (χ0n) is 12.1. The predicted molar refractivity (Wildman–Crippen MR) is 79.5 cm³/mol. The second kappa shape index (κ2) is 6.62. The molecule has 2 aromatic rings. The van der Waals surface area contributed by atoms with Crippen molar-refractivity contribution in [3.05, 3.63) is 41.6 Å². The highest BCUT2D eigenvalue weighted by Gasteiger charge is 2.23. The van der Waals surface area contributed by atoms with E-state index in [1.165, 1.54) is 12.3 Å². The summed E-state index contributed by atoms with van der Waals surface area (Å²) in [6, 6.07) is 3.71. The molecule has 3 nitrogen and oxygen atoms in total. The van der Waals surface area contributed by atoms with Gasteiger partial charge in [0.1, 0.15) is 17.5 Å². The second-order valence-corrected chi connectivity index (χ2v) is 5.57. The van der Waals surface area contributed by atoms with Crippen LogP contribution in [0.15, 0.2) is 24.4 Å². The van der Waals surface area contributed by atoms with E-state index in [4.69, 9.17) is 0 Å². The smallest absolute Gasteiger partial charge is 0.152 e. The van der Waals surface area contributed by atoms with E-state index < -0.39 is 17.8 Å². The summed E-state index contributed by atoms with van der Waals surface area (Å²) in [4.78, 5) is 3.96. The maximum Gasteiger partial charge on any atom is 0.152 e. The molecule has 0 spiro atoms. The van der Waals surface area contributed by atoms with Crippen LogP contribution in [0.3, 0.4) is 0 Å². The summed E-state index contributed by atoms with van der Waals surface area (Å²) in [5.74, 6) is -1.28. The van der Waals surface area contributed by atoms with Crippen molar-refractivity contribution in [1.82, 2.24) is 15.6 Å². The summed E-state index contributed by atoms with van der Waals surface area (Å²) in [6.45, 7) is 1.72. The minimum Gasteiger partial charge on any atom is -0.314 e. The number of pyridine rings is 1. The molecular formula is C16H18F3N3. The zero-order valence-corrected chi connectivity index (χ0v) is 12.1. The van der Waals surface area contributed by atoms with Crippen molar-refractivity contribution in [2.24, 2.45) is 0 Å². The number of hydrogen-bond donors (Lipinski definition) is 2. The third kappa shape index (κ3) is 3.23. The Kier molecular flexibility index (Phi) is 4.59. The number of fused-ring (bicyclic) bond motifs is 1. The molecule has 0 amide bonds. The lowest BCUT2D eigenvalue weighted by atomic mass is 10.0. The zero-order chi connectivity index (χ0) is 15.5. The van der Waals surface area contributed by atoms with Gasteiger partial charge in [-0.2, -0.15) is 0 Å². The van der Waals surface area contributed by atoms with E-state index in [2.05, 4.69) is 15.6 Å². The van der Waals surface area contributed by atoms with Crippen molar-refractivity contribution in [3.8, 4) is 0 Å². The lowest BCUT2D eigenvalue weighted by Gasteiger charge is -2.27. The highest BCUT2D eigenvalue weighted by atomic mass is 19.1. The highest BCUT2D eigenvalue weighted by molar-refractivity contribution is 5.82. The van der Waals surface area contributed by atoms with Crippen LogP contribution in [0.2, 0.25) is 0 Å². The van der Waals surface area contributed by atoms with Crippen LogP contribution >= 0.6 is 0 Å². The highest BCUT2D eigenvalue weighted by Crippen LogP contribution is 2.21. The lowest BCUT2D eigenvalue weighted by Crippen LogP contribution is -2.49. The number of hydrogen-bond acceptors (Lipinski definition) is 3. The van der Waals surface area contributed by atoms with Crippen LogP contribution in [0.5, 0.6) is 0 Å². The molecule has 0 aliphatic carbocycles. The van der Waals surface area contributed by atoms with Crippen LogP contribution in [-0.2, 0) is 6.42 Å². The molecule has 1 aromatic heterocycles. The molecule has 1 saturated heterocycles. The number of nitrogens with one attached hydrogen (secondary N) is 2. The molecule has 2 N–H and O–H groups in total. The third-order valence-corrected chi connectivity index (χ3v) is 4.06. The van der Waals surface area contributed by atoms with Crippen LogP contribution < -0.4 is 10.6 Å². The first-order valence-electron chi connectivity index (χ1n) is 7.46. The van der Waals surface area contributed by atoms with Crippen LogP contribution in [-0.4, -0.2) is 36.8 Å². The minimum atomic E-state index is -0.905. The van der Waals surface area contributed by atoms with Gasteiger partial charge in [0.2, 0.25) is 0 Å². The summed E-state index contributed by atoms with van der Waals surface area (Å²) in [5, 5.41) is 6.67. The molecule has 1 fully saturated rings. The lowest BCUT2D eigenvalue weighted by molar-refractivity contribution is 0.204. The van der Waals surface area contributed by atoms with Crippen LogP contribution in [0.4, 0.5) is 13.2 Å². The molecule has 1 aliphatic rings. The third-order valence-electron chi connectivity index (χ3n) is 4.06. The summed E-state index contributed by atoms with van der Waals surface area (Å²) in [7, 11) is 0. The summed E-state index contributed by atoms with van der Waals surface area (Å²) in [6.07, 6.45) is 1.92. The molecule has 0 bridgehead atoms. The van der Waals surface area contributed by atoms with Gasteiger partial charge in [0.05, 0.1) is 0 Å². The van der Waals surface area contributed by atoms with E-state index in [1.54, 1.807) is 6.07 Å². The Bertz CT molecular complexity index is 662. The van der Waals surface area contributed by atoms with E-state index in [9.17, 15) is 13.2 Å². The van der Waals surface area contributed by atoms with Gasteiger partial charge in [0.15, 0.2) is 5.82 Å². The monoisotopic (exact) mass is 309 g/mol. The first-order valence-corrected chi connectivity index (χ1v) is 7.46. The number of aromatic nitrogens is 1. The van der Waals surface area contributed by atoms with Crippen molar-refractivity contribution in [3.63, 3.8) is 0 Å². The van der Waals surface area contributed by atoms with E-state index in [0.29, 0.717) is 24.9 Å². The van der Waals surface area contributed by atoms with Gasteiger partial charge >= 0.3 is 0 Å². The SMILES string of the molecule is Fc1cc(F)c2nccc(CCNC3CCNCC3F)c2c1. The number of nitrogens with zero attached hydrogens (tertiary/aromatic N) is 1. The van der Waals surface area contributed by atoms with E-state index >= 15 is 0 Å². The molecule has 118 valence electrons. The minimum absolute atomic E-state index is 0.164. The molecule has 3 rings (SSSR count). The average molecular weight is 309 g/mol. The number of alkyl halides is 1. The van der Waals surface area contributed by atoms with Gasteiger partial charge in [0, 0.05) is 30.2 Å². The second-order valence-electron chi connectivity index (χ2n) is 5.57. The Hall–Kier alpha value is -1.66. The Labute approximate surface area is 126 Å². The predicted octanol–water partition coefficient (Wildman–Crippen LogP) is 2.35. The summed E-state index contributed by atoms with van der Waals surface area (Å²) in [5.41, 5.74) is 0.976. The van der Waals surface area contributed by atoms with Crippen molar-refractivity contribution >= 4 is 10.9 Å². The van der Waals surface area contributed by atoms with Gasteiger partial charge in [-0.05, 0) is 43.6 Å². The normalized spacial score (nSPS) is 22.1. The van der Waals surface area contributed by atoms with Gasteiger partial charge in [-0.15, -0.1) is 0 Å². The molecule has 2 unspecified atom stereocenters. The largest absolute Gasteiger partial charge is 0.314 e. The topological polar surface area (TPSA) is 37.0 Å². The number of piperidine rings is 1. The van der Waals surface area contributed by atoms with Gasteiger partial charge < -0.3 is 10.6 Å². The molecule has 22 heavy (non-hydrogen) atoms. The molecular weight excluding hydrogens is 291 g/mol. The maximum atomic E-state index is 13.7. The average Bonchev–Trinajstić information content (AvgIpc) is 2.50. The summed E-state index contributed by atoms with van der Waals surface area (Å²) < 4.78 is 40.8. The Balaban J connectivity index is 1.71. The van der Waals surface area contributed by atoms with Crippen molar-refractivity contribution < 1.29 is 13.2 Å².